The van der Waals surface area contributed by atoms with E-state index < -0.39 is 17.0 Å². The van der Waals surface area contributed by atoms with Crippen LogP contribution in [0.3, 0.4) is 0 Å². The third-order valence-corrected chi connectivity index (χ3v) is 5.63. The van der Waals surface area contributed by atoms with Gasteiger partial charge in [-0.15, -0.1) is 0 Å². The number of aromatic amines is 1. The molecule has 5 rings (SSSR count). The summed E-state index contributed by atoms with van der Waals surface area (Å²) in [6.45, 7) is 5.22. The third-order valence-electron chi connectivity index (χ3n) is 5.63. The van der Waals surface area contributed by atoms with Crippen LogP contribution in [0.5, 0.6) is 17.4 Å². The zero-order chi connectivity index (χ0) is 23.5. The van der Waals surface area contributed by atoms with Crippen LogP contribution < -0.4 is 0 Å². The van der Waals surface area contributed by atoms with E-state index in [-0.39, 0.29) is 22.8 Å². The van der Waals surface area contributed by atoms with E-state index in [1.807, 2.05) is 6.07 Å². The normalized spacial score (nSPS) is 12.0. The summed E-state index contributed by atoms with van der Waals surface area (Å²) in [6, 6.07) is 13.8. The number of rotatable bonds is 3. The molecule has 4 N–H and O–H groups in total. The van der Waals surface area contributed by atoms with Crippen molar-refractivity contribution in [3.63, 3.8) is 0 Å². The number of benzene rings is 2. The van der Waals surface area contributed by atoms with Gasteiger partial charge in [0.1, 0.15) is 11.3 Å². The van der Waals surface area contributed by atoms with E-state index in [0.29, 0.717) is 22.3 Å². The quantitative estimate of drug-likeness (QED) is 0.294. The average molecular weight is 442 g/mol. The summed E-state index contributed by atoms with van der Waals surface area (Å²) >= 11 is 0. The van der Waals surface area contributed by atoms with E-state index in [1.54, 1.807) is 63.5 Å². The van der Waals surface area contributed by atoms with Gasteiger partial charge in [0.05, 0.1) is 40.0 Å². The molecule has 0 saturated carbocycles. The van der Waals surface area contributed by atoms with Gasteiger partial charge in [-0.3, -0.25) is 9.36 Å². The van der Waals surface area contributed by atoms with Crippen LogP contribution in [-0.2, 0) is 0 Å². The number of aromatic hydroxyl groups is 3. The number of fused-ring (bicyclic) bond motifs is 2. The molecule has 0 radical (unpaired) electrons. The first-order valence-electron chi connectivity index (χ1n) is 10.4. The van der Waals surface area contributed by atoms with E-state index in [9.17, 15) is 20.1 Å². The minimum atomic E-state index is -0.836. The fourth-order valence-electron chi connectivity index (χ4n) is 3.96. The number of ketones is 1. The van der Waals surface area contributed by atoms with Gasteiger partial charge in [-0.1, -0.05) is 39.0 Å². The molecule has 0 atom stereocenters. The van der Waals surface area contributed by atoms with Crippen LogP contribution in [-0.4, -0.2) is 40.6 Å². The molecule has 0 spiro atoms. The van der Waals surface area contributed by atoms with Crippen molar-refractivity contribution in [3.8, 4) is 34.5 Å². The van der Waals surface area contributed by atoms with Crippen molar-refractivity contribution in [1.29, 1.82) is 0 Å². The summed E-state index contributed by atoms with van der Waals surface area (Å²) in [5.74, 6) is -1.36. The Bertz CT molecular complexity index is 1560. The smallest absolute Gasteiger partial charge is 0.240 e. The molecule has 2 aromatic carbocycles. The monoisotopic (exact) mass is 442 g/mol. The standard InChI is InChI=1S/C25H22N4O4/c1-25(2,3)23(32)19-21(16-9-7-13-5-4-6-18(30)20(13)28-16)29(24(33)22(19)31)14-8-10-15-17(11-14)27-12-26-15/h4-12,30-31,33H,1-3H3,(H,26,27). The Hall–Kier alpha value is -4.33. The van der Waals surface area contributed by atoms with Gasteiger partial charge in [-0.2, -0.15) is 0 Å². The zero-order valence-corrected chi connectivity index (χ0v) is 18.3. The second-order valence-corrected chi connectivity index (χ2v) is 8.96. The lowest BCUT2D eigenvalue weighted by Gasteiger charge is -2.18. The Morgan fingerprint density at radius 1 is 1.03 bits per heavy atom. The van der Waals surface area contributed by atoms with Crippen molar-refractivity contribution in [3.05, 3.63) is 60.4 Å². The SMILES string of the molecule is CC(C)(C)C(=O)c1c(O)c(O)n(-c2ccc3nc[nH]c3c2)c1-c1ccc2cccc(O)c2n1. The number of nitrogens with one attached hydrogen (secondary N) is 1. The molecule has 0 aliphatic heterocycles. The number of phenolic OH excluding ortho intramolecular Hbond substituents is 1. The summed E-state index contributed by atoms with van der Waals surface area (Å²) in [4.78, 5) is 25.2. The highest BCUT2D eigenvalue weighted by Gasteiger charge is 2.35. The van der Waals surface area contributed by atoms with Crippen LogP contribution in [0.25, 0.3) is 39.0 Å². The molecule has 8 nitrogen and oxygen atoms in total. The minimum Gasteiger partial charge on any atom is -0.506 e. The van der Waals surface area contributed by atoms with Gasteiger partial charge in [0.15, 0.2) is 11.5 Å². The van der Waals surface area contributed by atoms with Gasteiger partial charge >= 0.3 is 0 Å². The minimum absolute atomic E-state index is 0.0107. The molecule has 0 bridgehead atoms. The van der Waals surface area contributed by atoms with Gasteiger partial charge in [-0.25, -0.2) is 9.97 Å². The molecule has 0 aliphatic rings. The van der Waals surface area contributed by atoms with E-state index in [4.69, 9.17) is 0 Å². The molecule has 0 amide bonds. The highest BCUT2D eigenvalue weighted by atomic mass is 16.3. The van der Waals surface area contributed by atoms with Crippen LogP contribution in [0.4, 0.5) is 0 Å². The Morgan fingerprint density at radius 3 is 2.58 bits per heavy atom. The number of pyridine rings is 1. The van der Waals surface area contributed by atoms with Gasteiger partial charge < -0.3 is 20.3 Å². The van der Waals surface area contributed by atoms with Crippen molar-refractivity contribution >= 4 is 27.7 Å². The largest absolute Gasteiger partial charge is 0.506 e. The number of carbonyl (C=O) groups excluding carboxylic acids is 1. The summed E-state index contributed by atoms with van der Waals surface area (Å²) in [6.07, 6.45) is 1.56. The molecular formula is C25H22N4O4. The number of nitrogens with zero attached hydrogens (tertiary/aromatic N) is 3. The van der Waals surface area contributed by atoms with Gasteiger partial charge in [0.25, 0.3) is 0 Å². The lowest BCUT2D eigenvalue weighted by molar-refractivity contribution is 0.0856. The molecule has 166 valence electrons. The molecular weight excluding hydrogens is 420 g/mol. The number of H-pyrrole nitrogens is 1. The molecule has 0 unspecified atom stereocenters. The molecule has 0 fully saturated rings. The summed E-state index contributed by atoms with van der Waals surface area (Å²) < 4.78 is 1.39. The number of hydrogen-bond donors (Lipinski definition) is 4. The number of hydrogen-bond acceptors (Lipinski definition) is 6. The Labute approximate surface area is 188 Å². The maximum atomic E-state index is 13.4. The summed E-state index contributed by atoms with van der Waals surface area (Å²) in [5, 5.41) is 32.9. The van der Waals surface area contributed by atoms with Crippen molar-refractivity contribution < 1.29 is 20.1 Å². The summed E-state index contributed by atoms with van der Waals surface area (Å²) in [5.41, 5.74) is 1.98. The number of phenols is 1. The number of imidazole rings is 1. The highest BCUT2D eigenvalue weighted by molar-refractivity contribution is 6.08. The van der Waals surface area contributed by atoms with E-state index in [0.717, 1.165) is 11.0 Å². The Balaban J connectivity index is 1.87. The van der Waals surface area contributed by atoms with Crippen LogP contribution in [0.15, 0.2) is 54.9 Å². The van der Waals surface area contributed by atoms with Crippen LogP contribution in [0, 0.1) is 5.41 Å². The molecule has 0 aliphatic carbocycles. The second-order valence-electron chi connectivity index (χ2n) is 8.96. The van der Waals surface area contributed by atoms with Crippen molar-refractivity contribution in [2.75, 3.05) is 0 Å². The first-order chi connectivity index (χ1) is 15.7. The molecule has 0 saturated heterocycles. The molecule has 3 heterocycles. The van der Waals surface area contributed by atoms with E-state index in [1.165, 1.54) is 10.6 Å². The van der Waals surface area contributed by atoms with Gasteiger partial charge in [0.2, 0.25) is 5.88 Å². The number of aromatic nitrogens is 4. The van der Waals surface area contributed by atoms with Crippen molar-refractivity contribution in [1.82, 2.24) is 19.5 Å². The fourth-order valence-corrected chi connectivity index (χ4v) is 3.96. The average Bonchev–Trinajstić information content (AvgIpc) is 3.35. The van der Waals surface area contributed by atoms with E-state index >= 15 is 0 Å². The topological polar surface area (TPSA) is 124 Å². The number of Topliss-reactive ketones (excluding diaryl/α,β-unsaturated/α-hetero) is 1. The van der Waals surface area contributed by atoms with Gasteiger partial charge in [-0.05, 0) is 30.3 Å². The fraction of sp³-hybridized carbons (Fsp3) is 0.160. The maximum absolute atomic E-state index is 13.4. The first kappa shape index (κ1) is 20.6. The van der Waals surface area contributed by atoms with Crippen molar-refractivity contribution in [2.24, 2.45) is 5.41 Å². The summed E-state index contributed by atoms with van der Waals surface area (Å²) in [7, 11) is 0. The lowest BCUT2D eigenvalue weighted by Crippen LogP contribution is -2.21. The highest BCUT2D eigenvalue weighted by Crippen LogP contribution is 2.45. The first-order valence-corrected chi connectivity index (χ1v) is 10.4. The van der Waals surface area contributed by atoms with Gasteiger partial charge in [0, 0.05) is 10.8 Å². The van der Waals surface area contributed by atoms with E-state index in [2.05, 4.69) is 15.0 Å². The molecule has 5 aromatic rings. The van der Waals surface area contributed by atoms with Crippen LogP contribution >= 0.6 is 0 Å². The third kappa shape index (κ3) is 3.18. The number of para-hydroxylation sites is 1. The molecule has 3 aromatic heterocycles. The lowest BCUT2D eigenvalue weighted by atomic mass is 9.85. The maximum Gasteiger partial charge on any atom is 0.240 e. The van der Waals surface area contributed by atoms with Crippen LogP contribution in [0.2, 0.25) is 0 Å². The Kier molecular flexibility index (Phi) is 4.42. The predicted molar refractivity (Wildman–Crippen MR) is 125 cm³/mol. The van der Waals surface area contributed by atoms with Crippen molar-refractivity contribution in [2.45, 2.75) is 20.8 Å². The Morgan fingerprint density at radius 2 is 1.82 bits per heavy atom. The zero-order valence-electron chi connectivity index (χ0n) is 18.3. The second kappa shape index (κ2) is 7.09. The molecule has 8 heteroatoms. The predicted octanol–water partition coefficient (Wildman–Crippen LogP) is 4.91. The number of carbonyl (C=O) groups is 1. The molecule has 33 heavy (non-hydrogen) atoms. The van der Waals surface area contributed by atoms with Crippen LogP contribution in [0.1, 0.15) is 31.1 Å².